The van der Waals surface area contributed by atoms with E-state index in [4.69, 9.17) is 5.73 Å². The molecule has 1 amide bonds. The molecule has 0 unspecified atom stereocenters. The van der Waals surface area contributed by atoms with E-state index in [0.29, 0.717) is 32.0 Å². The van der Waals surface area contributed by atoms with Gasteiger partial charge in [0.05, 0.1) is 0 Å². The number of carbonyl (C=O) groups excluding carboxylic acids is 1. The van der Waals surface area contributed by atoms with Crippen molar-refractivity contribution in [2.45, 2.75) is 19.4 Å². The number of carbonyl (C=O) groups is 1. The molecule has 0 saturated carbocycles. The Hall–Kier alpha value is -1.61. The average molecular weight is 458 g/mol. The molecule has 7 heteroatoms. The molecule has 0 aliphatic carbocycles. The maximum atomic E-state index is 11.7. The third-order valence-electron chi connectivity index (χ3n) is 3.21. The summed E-state index contributed by atoms with van der Waals surface area (Å²) >= 11 is 1.72. The number of halogens is 1. The van der Waals surface area contributed by atoms with E-state index in [1.165, 1.54) is 4.88 Å². The van der Waals surface area contributed by atoms with Crippen molar-refractivity contribution in [1.29, 1.82) is 0 Å². The van der Waals surface area contributed by atoms with Crippen molar-refractivity contribution in [2.75, 3.05) is 13.1 Å². The van der Waals surface area contributed by atoms with Gasteiger partial charge >= 0.3 is 0 Å². The Balaban J connectivity index is 0.00000288. The maximum Gasteiger partial charge on any atom is 0.222 e. The van der Waals surface area contributed by atoms with Gasteiger partial charge in [-0.1, -0.05) is 36.4 Å². The second-order valence-electron chi connectivity index (χ2n) is 5.04. The highest BCUT2D eigenvalue weighted by molar-refractivity contribution is 14.0. The smallest absolute Gasteiger partial charge is 0.222 e. The van der Waals surface area contributed by atoms with Gasteiger partial charge in [-0.2, -0.15) is 0 Å². The Labute approximate surface area is 163 Å². The summed E-state index contributed by atoms with van der Waals surface area (Å²) in [5.41, 5.74) is 6.86. The van der Waals surface area contributed by atoms with Crippen LogP contribution in [0.2, 0.25) is 0 Å². The molecule has 2 rings (SSSR count). The minimum Gasteiger partial charge on any atom is -0.370 e. The Morgan fingerprint density at radius 1 is 1.12 bits per heavy atom. The van der Waals surface area contributed by atoms with Gasteiger partial charge in [0.1, 0.15) is 0 Å². The summed E-state index contributed by atoms with van der Waals surface area (Å²) < 4.78 is 0. The van der Waals surface area contributed by atoms with Crippen LogP contribution in [0, 0.1) is 0 Å². The van der Waals surface area contributed by atoms with Crippen LogP contribution in [-0.4, -0.2) is 25.0 Å². The molecule has 1 aromatic carbocycles. The lowest BCUT2D eigenvalue weighted by Gasteiger charge is -2.07. The van der Waals surface area contributed by atoms with Crippen LogP contribution in [0.4, 0.5) is 0 Å². The third-order valence-corrected chi connectivity index (χ3v) is 4.15. The first-order valence-electron chi connectivity index (χ1n) is 7.61. The van der Waals surface area contributed by atoms with Crippen molar-refractivity contribution in [2.24, 2.45) is 10.7 Å². The fourth-order valence-corrected chi connectivity index (χ4v) is 2.68. The van der Waals surface area contributed by atoms with Gasteiger partial charge in [-0.05, 0) is 17.0 Å². The molecule has 0 saturated heterocycles. The summed E-state index contributed by atoms with van der Waals surface area (Å²) in [6.45, 7) is 1.68. The van der Waals surface area contributed by atoms with Crippen LogP contribution < -0.4 is 16.4 Å². The first-order valence-corrected chi connectivity index (χ1v) is 8.49. The SMILES string of the molecule is I.NC(=NCCc1cccs1)NCCC(=O)NCc1ccccc1. The fraction of sp³-hybridized carbons (Fsp3) is 0.294. The van der Waals surface area contributed by atoms with Crippen LogP contribution in [0.25, 0.3) is 0 Å². The number of benzene rings is 1. The molecule has 0 spiro atoms. The van der Waals surface area contributed by atoms with E-state index in [1.54, 1.807) is 11.3 Å². The molecule has 1 aromatic heterocycles. The predicted octanol–water partition coefficient (Wildman–Crippen LogP) is 2.52. The zero-order valence-electron chi connectivity index (χ0n) is 13.4. The summed E-state index contributed by atoms with van der Waals surface area (Å²) in [5.74, 6) is 0.380. The molecular weight excluding hydrogens is 435 g/mol. The minimum atomic E-state index is -0.00672. The van der Waals surface area contributed by atoms with Gasteiger partial charge in [-0.15, -0.1) is 35.3 Å². The van der Waals surface area contributed by atoms with Crippen molar-refractivity contribution >= 4 is 47.2 Å². The molecule has 130 valence electrons. The van der Waals surface area contributed by atoms with Gasteiger partial charge < -0.3 is 16.4 Å². The standard InChI is InChI=1S/C17H22N4OS.HI/c18-17(19-10-8-15-7-4-12-23-15)20-11-9-16(22)21-13-14-5-2-1-3-6-14;/h1-7,12H,8-11,13H2,(H,21,22)(H3,18,19,20);1H. The quantitative estimate of drug-likeness (QED) is 0.323. The molecule has 4 N–H and O–H groups in total. The number of aliphatic imine (C=N–C) groups is 1. The van der Waals surface area contributed by atoms with Crippen LogP contribution in [0.15, 0.2) is 52.8 Å². The van der Waals surface area contributed by atoms with Crippen molar-refractivity contribution < 1.29 is 4.79 Å². The van der Waals surface area contributed by atoms with Gasteiger partial charge in [-0.3, -0.25) is 9.79 Å². The summed E-state index contributed by atoms with van der Waals surface area (Å²) in [7, 11) is 0. The molecule has 0 atom stereocenters. The van der Waals surface area contributed by atoms with Gasteiger partial charge in [0.15, 0.2) is 5.96 Å². The minimum absolute atomic E-state index is 0. The summed E-state index contributed by atoms with van der Waals surface area (Å²) in [4.78, 5) is 17.3. The lowest BCUT2D eigenvalue weighted by Crippen LogP contribution is -2.35. The van der Waals surface area contributed by atoms with E-state index in [2.05, 4.69) is 27.1 Å². The molecule has 1 heterocycles. The highest BCUT2D eigenvalue weighted by Gasteiger charge is 2.01. The van der Waals surface area contributed by atoms with Crippen LogP contribution >= 0.6 is 35.3 Å². The number of thiophene rings is 1. The molecule has 2 aromatic rings. The first-order chi connectivity index (χ1) is 11.2. The van der Waals surface area contributed by atoms with Crippen LogP contribution in [0.1, 0.15) is 16.9 Å². The fourth-order valence-electron chi connectivity index (χ4n) is 1.99. The van der Waals surface area contributed by atoms with Crippen LogP contribution in [-0.2, 0) is 17.8 Å². The second kappa shape index (κ2) is 11.9. The van der Waals surface area contributed by atoms with Crippen molar-refractivity contribution in [1.82, 2.24) is 10.6 Å². The number of rotatable bonds is 8. The molecule has 0 radical (unpaired) electrons. The molecule has 24 heavy (non-hydrogen) atoms. The number of hydrogen-bond donors (Lipinski definition) is 3. The maximum absolute atomic E-state index is 11.7. The number of guanidine groups is 1. The summed E-state index contributed by atoms with van der Waals surface area (Å²) in [6.07, 6.45) is 1.26. The zero-order chi connectivity index (χ0) is 16.3. The lowest BCUT2D eigenvalue weighted by atomic mass is 10.2. The van der Waals surface area contributed by atoms with Gasteiger partial charge in [0, 0.05) is 37.4 Å². The zero-order valence-corrected chi connectivity index (χ0v) is 16.6. The highest BCUT2D eigenvalue weighted by Crippen LogP contribution is 2.08. The predicted molar refractivity (Wildman–Crippen MR) is 111 cm³/mol. The van der Waals surface area contributed by atoms with Gasteiger partial charge in [0.2, 0.25) is 5.91 Å². The van der Waals surface area contributed by atoms with E-state index >= 15 is 0 Å². The molecule has 5 nitrogen and oxygen atoms in total. The van der Waals surface area contributed by atoms with E-state index in [-0.39, 0.29) is 29.9 Å². The largest absolute Gasteiger partial charge is 0.370 e. The summed E-state index contributed by atoms with van der Waals surface area (Å²) in [5, 5.41) is 7.89. The van der Waals surface area contributed by atoms with E-state index in [9.17, 15) is 4.79 Å². The molecule has 0 fully saturated rings. The topological polar surface area (TPSA) is 79.5 Å². The van der Waals surface area contributed by atoms with Gasteiger partial charge in [-0.25, -0.2) is 0 Å². The number of amides is 1. The second-order valence-corrected chi connectivity index (χ2v) is 6.07. The van der Waals surface area contributed by atoms with E-state index in [1.807, 2.05) is 36.4 Å². The number of hydrogen-bond acceptors (Lipinski definition) is 3. The van der Waals surface area contributed by atoms with Crippen molar-refractivity contribution in [3.05, 3.63) is 58.3 Å². The van der Waals surface area contributed by atoms with E-state index < -0.39 is 0 Å². The van der Waals surface area contributed by atoms with Crippen LogP contribution in [0.3, 0.4) is 0 Å². The molecule has 0 bridgehead atoms. The van der Waals surface area contributed by atoms with E-state index in [0.717, 1.165) is 12.0 Å². The van der Waals surface area contributed by atoms with Gasteiger partial charge in [0.25, 0.3) is 0 Å². The Morgan fingerprint density at radius 3 is 2.62 bits per heavy atom. The number of nitrogens with one attached hydrogen (secondary N) is 2. The molecule has 0 aliphatic heterocycles. The lowest BCUT2D eigenvalue weighted by molar-refractivity contribution is -0.121. The third kappa shape index (κ3) is 8.30. The summed E-state index contributed by atoms with van der Waals surface area (Å²) in [6, 6.07) is 13.9. The first kappa shape index (κ1) is 20.4. The Kier molecular flexibility index (Phi) is 10.1. The highest BCUT2D eigenvalue weighted by atomic mass is 127. The van der Waals surface area contributed by atoms with Crippen LogP contribution in [0.5, 0.6) is 0 Å². The molecular formula is C17H23IN4OS. The molecule has 0 aliphatic rings. The Bertz CT molecular complexity index is 617. The Morgan fingerprint density at radius 2 is 1.92 bits per heavy atom. The average Bonchev–Trinajstić information content (AvgIpc) is 3.07. The number of nitrogens with zero attached hydrogens (tertiary/aromatic N) is 1. The van der Waals surface area contributed by atoms with Crippen molar-refractivity contribution in [3.8, 4) is 0 Å². The monoisotopic (exact) mass is 458 g/mol. The number of nitrogens with two attached hydrogens (primary N) is 1. The van der Waals surface area contributed by atoms with Crippen molar-refractivity contribution in [3.63, 3.8) is 0 Å². The normalized spacial score (nSPS) is 10.8.